The van der Waals surface area contributed by atoms with Gasteiger partial charge in [0, 0.05) is 6.07 Å². The number of carboxylic acid groups (broad SMARTS) is 1. The molecule has 9 heteroatoms. The van der Waals surface area contributed by atoms with Crippen molar-refractivity contribution in [2.45, 2.75) is 16.5 Å². The van der Waals surface area contributed by atoms with E-state index in [0.717, 1.165) is 6.07 Å². The third-order valence-electron chi connectivity index (χ3n) is 1.75. The highest BCUT2D eigenvalue weighted by molar-refractivity contribution is 6.44. The van der Waals surface area contributed by atoms with Crippen LogP contribution in [0.15, 0.2) is 24.3 Å². The molecule has 0 fully saturated rings. The van der Waals surface area contributed by atoms with Crippen LogP contribution < -0.4 is 9.47 Å². The second-order valence-electron chi connectivity index (χ2n) is 3.21. The Balaban J connectivity index is 2.80. The first-order chi connectivity index (χ1) is 8.72. The Hall–Kier alpha value is -0.980. The van der Waals surface area contributed by atoms with Gasteiger partial charge < -0.3 is 14.6 Å². The van der Waals surface area contributed by atoms with Gasteiger partial charge in [0.25, 0.3) is 5.56 Å². The molecule has 0 aliphatic carbocycles. The van der Waals surface area contributed by atoms with E-state index < -0.39 is 22.5 Å². The van der Waals surface area contributed by atoms with Gasteiger partial charge in [0.2, 0.25) is 4.84 Å². The van der Waals surface area contributed by atoms with E-state index in [9.17, 15) is 13.6 Å². The zero-order valence-electron chi connectivity index (χ0n) is 9.03. The monoisotopic (exact) mass is 334 g/mol. The van der Waals surface area contributed by atoms with Crippen LogP contribution in [0.3, 0.4) is 0 Å². The summed E-state index contributed by atoms with van der Waals surface area (Å²) in [5.74, 6) is -1.78. The maximum atomic E-state index is 13.1. The van der Waals surface area contributed by atoms with Gasteiger partial charge in [0.05, 0.1) is 0 Å². The number of ether oxygens (including phenoxy) is 2. The largest absolute Gasteiger partial charge is 0.478 e. The van der Waals surface area contributed by atoms with Gasteiger partial charge in [-0.2, -0.15) is 8.78 Å². The Labute approximate surface area is 121 Å². The summed E-state index contributed by atoms with van der Waals surface area (Å²) in [7, 11) is 0. The van der Waals surface area contributed by atoms with E-state index >= 15 is 0 Å². The molecule has 1 N–H and O–H groups in total. The standard InChI is InChI=1S/C10H7Cl3F2O4/c11-7(8(16)17)18-5-2-1-3-6(4-5)19-10(14,15)9(12)13/h1-4,7,9H,(H,16,17). The van der Waals surface area contributed by atoms with E-state index in [0.29, 0.717) is 0 Å². The molecule has 0 radical (unpaired) electrons. The summed E-state index contributed by atoms with van der Waals surface area (Å²) in [6.07, 6.45) is -3.80. The minimum atomic E-state index is -3.80. The first-order valence-corrected chi connectivity index (χ1v) is 6.02. The number of carboxylic acids is 1. The van der Waals surface area contributed by atoms with Crippen LogP contribution in [-0.4, -0.2) is 27.6 Å². The van der Waals surface area contributed by atoms with Crippen LogP contribution in [0, 0.1) is 0 Å². The SMILES string of the molecule is O=C(O)C(Cl)Oc1cccc(OC(F)(F)C(Cl)Cl)c1. The summed E-state index contributed by atoms with van der Waals surface area (Å²) < 4.78 is 35.3. The summed E-state index contributed by atoms with van der Waals surface area (Å²) in [5.41, 5.74) is -1.65. The van der Waals surface area contributed by atoms with Crippen LogP contribution in [0.25, 0.3) is 0 Å². The summed E-state index contributed by atoms with van der Waals surface area (Å²) in [6.45, 7) is 0. The zero-order valence-corrected chi connectivity index (χ0v) is 11.3. The molecular weight excluding hydrogens is 328 g/mol. The Morgan fingerprint density at radius 3 is 2.37 bits per heavy atom. The first-order valence-electron chi connectivity index (χ1n) is 4.71. The van der Waals surface area contributed by atoms with Crippen molar-refractivity contribution in [3.63, 3.8) is 0 Å². The normalized spacial score (nSPS) is 13.2. The molecule has 1 rings (SSSR count). The Bertz CT molecular complexity index is 456. The van der Waals surface area contributed by atoms with E-state index in [-0.39, 0.29) is 11.5 Å². The highest BCUT2D eigenvalue weighted by Crippen LogP contribution is 2.31. The minimum Gasteiger partial charge on any atom is -0.478 e. The minimum absolute atomic E-state index is 0.0589. The van der Waals surface area contributed by atoms with Crippen LogP contribution in [0.5, 0.6) is 11.5 Å². The Morgan fingerprint density at radius 2 is 1.84 bits per heavy atom. The lowest BCUT2D eigenvalue weighted by Gasteiger charge is -2.19. The predicted octanol–water partition coefficient (Wildman–Crippen LogP) is 3.49. The third-order valence-corrected chi connectivity index (χ3v) is 2.53. The molecule has 0 amide bonds. The maximum absolute atomic E-state index is 13.1. The molecule has 106 valence electrons. The van der Waals surface area contributed by atoms with Crippen molar-refractivity contribution in [2.24, 2.45) is 0 Å². The van der Waals surface area contributed by atoms with Gasteiger partial charge in [0.1, 0.15) is 11.5 Å². The summed E-state index contributed by atoms with van der Waals surface area (Å²) in [6, 6.07) is 4.86. The van der Waals surface area contributed by atoms with Gasteiger partial charge in [-0.05, 0) is 12.1 Å². The van der Waals surface area contributed by atoms with Crippen LogP contribution >= 0.6 is 34.8 Å². The molecule has 0 aliphatic heterocycles. The van der Waals surface area contributed by atoms with Crippen molar-refractivity contribution < 1.29 is 28.2 Å². The van der Waals surface area contributed by atoms with E-state index in [2.05, 4.69) is 4.74 Å². The highest BCUT2D eigenvalue weighted by atomic mass is 35.5. The lowest BCUT2D eigenvalue weighted by Crippen LogP contribution is -2.32. The van der Waals surface area contributed by atoms with Crippen LogP contribution in [-0.2, 0) is 4.79 Å². The van der Waals surface area contributed by atoms with E-state index in [1.54, 1.807) is 0 Å². The lowest BCUT2D eigenvalue weighted by atomic mass is 10.3. The highest BCUT2D eigenvalue weighted by Gasteiger charge is 2.40. The number of halogens is 5. The van der Waals surface area contributed by atoms with E-state index in [1.165, 1.54) is 18.2 Å². The number of hydrogen-bond acceptors (Lipinski definition) is 3. The topological polar surface area (TPSA) is 55.8 Å². The Morgan fingerprint density at radius 1 is 1.26 bits per heavy atom. The van der Waals surface area contributed by atoms with Gasteiger partial charge in [-0.1, -0.05) is 40.9 Å². The fourth-order valence-corrected chi connectivity index (χ4v) is 1.17. The molecule has 4 nitrogen and oxygen atoms in total. The average molecular weight is 336 g/mol. The molecule has 0 spiro atoms. The van der Waals surface area contributed by atoms with E-state index in [4.69, 9.17) is 44.6 Å². The summed E-state index contributed by atoms with van der Waals surface area (Å²) in [5, 5.41) is 8.53. The van der Waals surface area contributed by atoms with Crippen molar-refractivity contribution in [1.29, 1.82) is 0 Å². The molecule has 0 heterocycles. The molecular formula is C10H7Cl3F2O4. The average Bonchev–Trinajstić information content (AvgIpc) is 2.28. The molecule has 1 aromatic rings. The molecule has 1 atom stereocenters. The van der Waals surface area contributed by atoms with Crippen molar-refractivity contribution in [3.8, 4) is 11.5 Å². The second kappa shape index (κ2) is 6.45. The van der Waals surface area contributed by atoms with Crippen molar-refractivity contribution >= 4 is 40.8 Å². The van der Waals surface area contributed by atoms with Crippen LogP contribution in [0.2, 0.25) is 0 Å². The third kappa shape index (κ3) is 4.89. The van der Waals surface area contributed by atoms with Crippen molar-refractivity contribution in [1.82, 2.24) is 0 Å². The molecule has 19 heavy (non-hydrogen) atoms. The Kier molecular flexibility index (Phi) is 5.46. The fraction of sp³-hybridized carbons (Fsp3) is 0.300. The first kappa shape index (κ1) is 16.1. The molecule has 1 unspecified atom stereocenters. The number of carbonyl (C=O) groups is 1. The second-order valence-corrected chi connectivity index (χ2v) is 4.70. The smallest absolute Gasteiger partial charge is 0.428 e. The summed E-state index contributed by atoms with van der Waals surface area (Å²) >= 11 is 15.4. The van der Waals surface area contributed by atoms with Crippen LogP contribution in [0.4, 0.5) is 8.78 Å². The van der Waals surface area contributed by atoms with Crippen molar-refractivity contribution in [2.75, 3.05) is 0 Å². The molecule has 1 aromatic carbocycles. The molecule has 0 saturated heterocycles. The number of alkyl halides is 5. The number of benzene rings is 1. The predicted molar refractivity (Wildman–Crippen MR) is 65.4 cm³/mol. The number of hydrogen-bond donors (Lipinski definition) is 1. The summed E-state index contributed by atoms with van der Waals surface area (Å²) in [4.78, 5) is 8.41. The zero-order chi connectivity index (χ0) is 14.6. The number of aliphatic carboxylic acids is 1. The molecule has 0 bridgehead atoms. The number of rotatable bonds is 6. The molecule has 0 aliphatic rings. The van der Waals surface area contributed by atoms with Crippen molar-refractivity contribution in [3.05, 3.63) is 24.3 Å². The van der Waals surface area contributed by atoms with Gasteiger partial charge >= 0.3 is 12.1 Å². The van der Waals surface area contributed by atoms with Gasteiger partial charge in [-0.25, -0.2) is 4.79 Å². The van der Waals surface area contributed by atoms with Gasteiger partial charge in [0.15, 0.2) is 0 Å². The maximum Gasteiger partial charge on any atom is 0.428 e. The van der Waals surface area contributed by atoms with Gasteiger partial charge in [-0.15, -0.1) is 0 Å². The quantitative estimate of drug-likeness (QED) is 0.809. The van der Waals surface area contributed by atoms with Crippen LogP contribution in [0.1, 0.15) is 0 Å². The van der Waals surface area contributed by atoms with E-state index in [1.807, 2.05) is 0 Å². The molecule has 0 aromatic heterocycles. The fourth-order valence-electron chi connectivity index (χ4n) is 0.983. The van der Waals surface area contributed by atoms with Gasteiger partial charge in [-0.3, -0.25) is 0 Å². The molecule has 0 saturated carbocycles. The lowest BCUT2D eigenvalue weighted by molar-refractivity contribution is -0.163.